The number of anilines is 1. The third-order valence-electron chi connectivity index (χ3n) is 2.32. The molecule has 0 atom stereocenters. The number of nitrogens with one attached hydrogen (secondary N) is 1. The van der Waals surface area contributed by atoms with Crippen LogP contribution in [0.3, 0.4) is 0 Å². The van der Waals surface area contributed by atoms with Crippen LogP contribution in [0.1, 0.15) is 31.9 Å². The van der Waals surface area contributed by atoms with Crippen molar-refractivity contribution in [3.63, 3.8) is 0 Å². The van der Waals surface area contributed by atoms with Crippen molar-refractivity contribution in [3.8, 4) is 0 Å². The van der Waals surface area contributed by atoms with Crippen LogP contribution in [0.5, 0.6) is 0 Å². The molecule has 72 valence electrons. The van der Waals surface area contributed by atoms with Gasteiger partial charge in [0.15, 0.2) is 0 Å². The van der Waals surface area contributed by atoms with E-state index in [1.54, 1.807) is 0 Å². The summed E-state index contributed by atoms with van der Waals surface area (Å²) in [5.41, 5.74) is 1.01. The molecule has 0 radical (unpaired) electrons. The molecule has 0 saturated heterocycles. The Bertz CT molecular complexity index is 317. The van der Waals surface area contributed by atoms with Crippen LogP contribution in [-0.4, -0.2) is 16.1 Å². The average molecular weight is 200 g/mol. The smallest absolute Gasteiger partial charge is 0.204 e. The van der Waals surface area contributed by atoms with Crippen LogP contribution in [0, 0.1) is 0 Å². The van der Waals surface area contributed by atoms with E-state index < -0.39 is 0 Å². The maximum Gasteiger partial charge on any atom is 0.204 e. The second kappa shape index (κ2) is 3.22. The fourth-order valence-electron chi connectivity index (χ4n) is 1.60. The summed E-state index contributed by atoms with van der Waals surface area (Å²) >= 11 is 6.20. The zero-order chi connectivity index (χ0) is 9.42. The van der Waals surface area contributed by atoms with Crippen LogP contribution in [0.15, 0.2) is 0 Å². The summed E-state index contributed by atoms with van der Waals surface area (Å²) in [7, 11) is 0. The van der Waals surface area contributed by atoms with Crippen LogP contribution in [-0.2, 0) is 6.54 Å². The van der Waals surface area contributed by atoms with E-state index in [1.807, 2.05) is 0 Å². The Balaban J connectivity index is 2.44. The van der Waals surface area contributed by atoms with Crippen molar-refractivity contribution in [3.05, 3.63) is 10.8 Å². The van der Waals surface area contributed by atoms with Crippen molar-refractivity contribution in [1.82, 2.24) is 9.55 Å². The highest BCUT2D eigenvalue weighted by molar-refractivity contribution is 6.30. The van der Waals surface area contributed by atoms with Gasteiger partial charge in [-0.3, -0.25) is 0 Å². The van der Waals surface area contributed by atoms with Gasteiger partial charge in [-0.15, -0.1) is 0 Å². The molecule has 4 heteroatoms. The first-order valence-corrected chi connectivity index (χ1v) is 5.07. The van der Waals surface area contributed by atoms with E-state index in [4.69, 9.17) is 11.6 Å². The number of halogens is 1. The number of fused-ring (bicyclic) bond motifs is 1. The molecule has 0 fully saturated rings. The normalized spacial score (nSPS) is 15.7. The van der Waals surface area contributed by atoms with Crippen molar-refractivity contribution < 1.29 is 0 Å². The Morgan fingerprint density at radius 1 is 1.54 bits per heavy atom. The summed E-state index contributed by atoms with van der Waals surface area (Å²) in [4.78, 5) is 4.47. The van der Waals surface area contributed by atoms with Gasteiger partial charge < -0.3 is 9.88 Å². The van der Waals surface area contributed by atoms with Crippen molar-refractivity contribution >= 4 is 17.5 Å². The van der Waals surface area contributed by atoms with Gasteiger partial charge in [0.05, 0.1) is 5.69 Å². The van der Waals surface area contributed by atoms with E-state index in [9.17, 15) is 0 Å². The van der Waals surface area contributed by atoms with Crippen LogP contribution in [0.25, 0.3) is 0 Å². The van der Waals surface area contributed by atoms with Gasteiger partial charge in [0.25, 0.3) is 0 Å². The largest absolute Gasteiger partial charge is 0.356 e. The van der Waals surface area contributed by atoms with E-state index in [0.717, 1.165) is 36.3 Å². The first-order valence-electron chi connectivity index (χ1n) is 4.70. The molecule has 2 heterocycles. The lowest BCUT2D eigenvalue weighted by Crippen LogP contribution is -2.17. The monoisotopic (exact) mass is 199 g/mol. The SMILES string of the molecule is CC(C)c1nc2n(c1Cl)CCCN2. The van der Waals surface area contributed by atoms with Gasteiger partial charge in [0, 0.05) is 13.1 Å². The Morgan fingerprint density at radius 3 is 2.92 bits per heavy atom. The van der Waals surface area contributed by atoms with E-state index in [1.165, 1.54) is 0 Å². The summed E-state index contributed by atoms with van der Waals surface area (Å²) in [5.74, 6) is 1.33. The predicted molar refractivity (Wildman–Crippen MR) is 54.4 cm³/mol. The number of imidazole rings is 1. The third-order valence-corrected chi connectivity index (χ3v) is 2.72. The maximum absolute atomic E-state index is 6.20. The van der Waals surface area contributed by atoms with Gasteiger partial charge >= 0.3 is 0 Å². The van der Waals surface area contributed by atoms with Gasteiger partial charge in [0.1, 0.15) is 5.15 Å². The van der Waals surface area contributed by atoms with Crippen molar-refractivity contribution in [2.75, 3.05) is 11.9 Å². The minimum absolute atomic E-state index is 0.396. The molecule has 0 unspecified atom stereocenters. The molecule has 0 bridgehead atoms. The second-order valence-electron chi connectivity index (χ2n) is 3.70. The molecule has 0 spiro atoms. The highest BCUT2D eigenvalue weighted by atomic mass is 35.5. The van der Waals surface area contributed by atoms with Gasteiger partial charge in [-0.1, -0.05) is 25.4 Å². The molecule has 0 aliphatic carbocycles. The first kappa shape index (κ1) is 8.88. The zero-order valence-electron chi connectivity index (χ0n) is 7.97. The van der Waals surface area contributed by atoms with Gasteiger partial charge in [-0.25, -0.2) is 4.98 Å². The quantitative estimate of drug-likeness (QED) is 0.753. The second-order valence-corrected chi connectivity index (χ2v) is 4.06. The van der Waals surface area contributed by atoms with Crippen molar-refractivity contribution in [2.45, 2.75) is 32.7 Å². The van der Waals surface area contributed by atoms with E-state index in [2.05, 4.69) is 28.7 Å². The number of hydrogen-bond acceptors (Lipinski definition) is 2. The summed E-state index contributed by atoms with van der Waals surface area (Å²) in [6.07, 6.45) is 1.13. The summed E-state index contributed by atoms with van der Waals surface area (Å²) in [6.45, 7) is 6.21. The topological polar surface area (TPSA) is 29.9 Å². The number of aromatic nitrogens is 2. The molecular weight excluding hydrogens is 186 g/mol. The zero-order valence-corrected chi connectivity index (χ0v) is 8.73. The Morgan fingerprint density at radius 2 is 2.31 bits per heavy atom. The van der Waals surface area contributed by atoms with Gasteiger partial charge in [-0.05, 0) is 12.3 Å². The van der Waals surface area contributed by atoms with Gasteiger partial charge in [-0.2, -0.15) is 0 Å². The standard InChI is InChI=1S/C9H14ClN3/c1-6(2)7-8(10)13-5-3-4-11-9(13)12-7/h6H,3-5H2,1-2H3,(H,11,12). The molecule has 2 rings (SSSR count). The fourth-order valence-corrected chi connectivity index (χ4v) is 2.02. The molecule has 1 aromatic rings. The summed E-state index contributed by atoms with van der Waals surface area (Å²) in [5, 5.41) is 4.05. The molecule has 0 amide bonds. The minimum Gasteiger partial charge on any atom is -0.356 e. The lowest BCUT2D eigenvalue weighted by atomic mass is 10.2. The Hall–Kier alpha value is -0.700. The predicted octanol–water partition coefficient (Wildman–Crippen LogP) is 2.48. The first-order chi connectivity index (χ1) is 6.20. The van der Waals surface area contributed by atoms with Crippen LogP contribution in [0.4, 0.5) is 5.95 Å². The molecule has 0 aromatic carbocycles. The van der Waals surface area contributed by atoms with Gasteiger partial charge in [0.2, 0.25) is 5.95 Å². The number of hydrogen-bond donors (Lipinski definition) is 1. The van der Waals surface area contributed by atoms with Crippen molar-refractivity contribution in [1.29, 1.82) is 0 Å². The maximum atomic E-state index is 6.20. The van der Waals surface area contributed by atoms with Crippen LogP contribution in [0.2, 0.25) is 5.15 Å². The highest BCUT2D eigenvalue weighted by Gasteiger charge is 2.19. The average Bonchev–Trinajstić information content (AvgIpc) is 2.45. The van der Waals surface area contributed by atoms with Crippen LogP contribution >= 0.6 is 11.6 Å². The Labute approximate surface area is 83.1 Å². The molecule has 1 aromatic heterocycles. The minimum atomic E-state index is 0.396. The molecule has 3 nitrogen and oxygen atoms in total. The molecule has 13 heavy (non-hydrogen) atoms. The lowest BCUT2D eigenvalue weighted by molar-refractivity contribution is 0.627. The molecule has 1 aliphatic heterocycles. The third kappa shape index (κ3) is 1.41. The fraction of sp³-hybridized carbons (Fsp3) is 0.667. The molecule has 1 N–H and O–H groups in total. The van der Waals surface area contributed by atoms with E-state index >= 15 is 0 Å². The molecular formula is C9H14ClN3. The molecule has 1 aliphatic rings. The lowest BCUT2D eigenvalue weighted by Gasteiger charge is -2.15. The molecule has 0 saturated carbocycles. The summed E-state index contributed by atoms with van der Waals surface area (Å²) < 4.78 is 2.06. The number of nitrogens with zero attached hydrogens (tertiary/aromatic N) is 2. The summed E-state index contributed by atoms with van der Waals surface area (Å²) in [6, 6.07) is 0. The van der Waals surface area contributed by atoms with Crippen molar-refractivity contribution in [2.24, 2.45) is 0 Å². The van der Waals surface area contributed by atoms with E-state index in [-0.39, 0.29) is 0 Å². The van der Waals surface area contributed by atoms with E-state index in [0.29, 0.717) is 5.92 Å². The van der Waals surface area contributed by atoms with Crippen LogP contribution < -0.4 is 5.32 Å². The Kier molecular flexibility index (Phi) is 2.20. The number of rotatable bonds is 1. The highest BCUT2D eigenvalue weighted by Crippen LogP contribution is 2.29.